The van der Waals surface area contributed by atoms with Crippen LogP contribution in [0.15, 0.2) is 6.20 Å². The lowest BCUT2D eigenvalue weighted by atomic mass is 9.83. The van der Waals surface area contributed by atoms with Gasteiger partial charge >= 0.3 is 0 Å². The Bertz CT molecular complexity index is 493. The summed E-state index contributed by atoms with van der Waals surface area (Å²) < 4.78 is 0. The molecule has 0 unspecified atom stereocenters. The van der Waals surface area contributed by atoms with Crippen LogP contribution in [0.1, 0.15) is 68.7 Å². The zero-order chi connectivity index (χ0) is 15.4. The first kappa shape index (κ1) is 15.7. The summed E-state index contributed by atoms with van der Waals surface area (Å²) in [7, 11) is 0. The summed E-state index contributed by atoms with van der Waals surface area (Å²) in [5.74, 6) is 2.05. The first-order chi connectivity index (χ1) is 9.97. The third kappa shape index (κ3) is 4.16. The van der Waals surface area contributed by atoms with Crippen molar-refractivity contribution >= 4 is 11.6 Å². The second-order valence-corrected chi connectivity index (χ2v) is 6.52. The molecule has 5 heteroatoms. The van der Waals surface area contributed by atoms with Gasteiger partial charge in [-0.2, -0.15) is 0 Å². The molecule has 2 rings (SSSR count). The average Bonchev–Trinajstić information content (AvgIpc) is 2.46. The van der Waals surface area contributed by atoms with Crippen molar-refractivity contribution in [2.24, 2.45) is 11.8 Å². The second-order valence-electron chi connectivity index (χ2n) is 6.52. The lowest BCUT2D eigenvalue weighted by Crippen LogP contribution is -2.32. The molecule has 21 heavy (non-hydrogen) atoms. The van der Waals surface area contributed by atoms with E-state index in [-0.39, 0.29) is 11.8 Å². The molecule has 1 heterocycles. The number of anilines is 1. The molecule has 0 aliphatic heterocycles. The number of hydrogen-bond donors (Lipinski definition) is 2. The van der Waals surface area contributed by atoms with Crippen molar-refractivity contribution in [2.75, 3.05) is 12.3 Å². The smallest absolute Gasteiger partial charge is 0.272 e. The van der Waals surface area contributed by atoms with E-state index in [0.29, 0.717) is 29.7 Å². The number of nitrogens with one attached hydrogen (secondary N) is 1. The van der Waals surface area contributed by atoms with Crippen molar-refractivity contribution in [1.82, 2.24) is 15.3 Å². The molecule has 3 N–H and O–H groups in total. The molecule has 5 nitrogen and oxygen atoms in total. The van der Waals surface area contributed by atoms with E-state index in [9.17, 15) is 4.79 Å². The number of amides is 1. The molecule has 1 aliphatic rings. The van der Waals surface area contributed by atoms with Crippen LogP contribution in [0.3, 0.4) is 0 Å². The number of carbonyl (C=O) groups is 1. The van der Waals surface area contributed by atoms with E-state index in [1.54, 1.807) is 0 Å². The third-order valence-electron chi connectivity index (χ3n) is 4.25. The summed E-state index contributed by atoms with van der Waals surface area (Å²) in [5.41, 5.74) is 6.48. The van der Waals surface area contributed by atoms with Gasteiger partial charge in [0.15, 0.2) is 5.69 Å². The summed E-state index contributed by atoms with van der Waals surface area (Å²) in [6.07, 6.45) is 6.43. The van der Waals surface area contributed by atoms with Gasteiger partial charge in [-0.1, -0.05) is 33.6 Å². The van der Waals surface area contributed by atoms with Crippen LogP contribution in [0.5, 0.6) is 0 Å². The SMILES string of the molecule is CC1CCC(CNC(=O)c2nc(C(C)C)ncc2N)CC1. The molecule has 1 fully saturated rings. The van der Waals surface area contributed by atoms with Crippen molar-refractivity contribution < 1.29 is 4.79 Å². The van der Waals surface area contributed by atoms with Crippen LogP contribution in [0.2, 0.25) is 0 Å². The van der Waals surface area contributed by atoms with Gasteiger partial charge in [-0.05, 0) is 24.7 Å². The number of aromatic nitrogens is 2. The summed E-state index contributed by atoms with van der Waals surface area (Å²) in [5, 5.41) is 2.98. The molecule has 1 aromatic rings. The quantitative estimate of drug-likeness (QED) is 0.893. The Balaban J connectivity index is 1.95. The normalized spacial score (nSPS) is 22.3. The zero-order valence-electron chi connectivity index (χ0n) is 13.2. The molecule has 0 radical (unpaired) electrons. The largest absolute Gasteiger partial charge is 0.396 e. The second kappa shape index (κ2) is 6.87. The van der Waals surface area contributed by atoms with Gasteiger partial charge in [-0.15, -0.1) is 0 Å². The van der Waals surface area contributed by atoms with Crippen molar-refractivity contribution in [2.45, 2.75) is 52.4 Å². The van der Waals surface area contributed by atoms with Gasteiger partial charge in [0.2, 0.25) is 0 Å². The highest BCUT2D eigenvalue weighted by atomic mass is 16.1. The molecule has 0 saturated heterocycles. The Labute approximate surface area is 126 Å². The van der Waals surface area contributed by atoms with Gasteiger partial charge in [0.1, 0.15) is 5.82 Å². The van der Waals surface area contributed by atoms with E-state index >= 15 is 0 Å². The Morgan fingerprint density at radius 1 is 1.38 bits per heavy atom. The van der Waals surface area contributed by atoms with Crippen LogP contribution in [0.25, 0.3) is 0 Å². The fourth-order valence-electron chi connectivity index (χ4n) is 2.72. The Kier molecular flexibility index (Phi) is 5.15. The molecule has 0 aromatic carbocycles. The van der Waals surface area contributed by atoms with E-state index in [0.717, 1.165) is 5.92 Å². The highest BCUT2D eigenvalue weighted by molar-refractivity contribution is 5.96. The van der Waals surface area contributed by atoms with Gasteiger partial charge in [-0.25, -0.2) is 9.97 Å². The van der Waals surface area contributed by atoms with E-state index in [1.807, 2.05) is 13.8 Å². The maximum absolute atomic E-state index is 12.3. The van der Waals surface area contributed by atoms with Gasteiger partial charge in [0.25, 0.3) is 5.91 Å². The first-order valence-electron chi connectivity index (χ1n) is 7.88. The van der Waals surface area contributed by atoms with E-state index in [1.165, 1.54) is 31.9 Å². The van der Waals surface area contributed by atoms with Crippen LogP contribution in [-0.4, -0.2) is 22.4 Å². The van der Waals surface area contributed by atoms with Crippen LogP contribution in [0, 0.1) is 11.8 Å². The van der Waals surface area contributed by atoms with Crippen molar-refractivity contribution in [3.63, 3.8) is 0 Å². The zero-order valence-corrected chi connectivity index (χ0v) is 13.2. The highest BCUT2D eigenvalue weighted by Crippen LogP contribution is 2.27. The van der Waals surface area contributed by atoms with Gasteiger partial charge in [0.05, 0.1) is 11.9 Å². The number of rotatable bonds is 4. The monoisotopic (exact) mass is 290 g/mol. The number of carbonyl (C=O) groups excluding carboxylic acids is 1. The molecule has 0 spiro atoms. The Morgan fingerprint density at radius 3 is 2.67 bits per heavy atom. The summed E-state index contributed by atoms with van der Waals surface area (Å²) >= 11 is 0. The van der Waals surface area contributed by atoms with Gasteiger partial charge in [0, 0.05) is 12.5 Å². The fourth-order valence-corrected chi connectivity index (χ4v) is 2.72. The molecule has 0 atom stereocenters. The lowest BCUT2D eigenvalue weighted by molar-refractivity contribution is 0.0937. The lowest BCUT2D eigenvalue weighted by Gasteiger charge is -2.26. The maximum atomic E-state index is 12.3. The van der Waals surface area contributed by atoms with Crippen molar-refractivity contribution in [3.8, 4) is 0 Å². The summed E-state index contributed by atoms with van der Waals surface area (Å²) in [4.78, 5) is 20.7. The Hall–Kier alpha value is -1.65. The van der Waals surface area contributed by atoms with Crippen LogP contribution in [-0.2, 0) is 0 Å². The van der Waals surface area contributed by atoms with E-state index < -0.39 is 0 Å². The maximum Gasteiger partial charge on any atom is 0.272 e. The third-order valence-corrected chi connectivity index (χ3v) is 4.25. The number of nitrogens with zero attached hydrogens (tertiary/aromatic N) is 2. The average molecular weight is 290 g/mol. The van der Waals surface area contributed by atoms with Crippen LogP contribution < -0.4 is 11.1 Å². The molecule has 1 amide bonds. The molecule has 1 aromatic heterocycles. The van der Waals surface area contributed by atoms with E-state index in [4.69, 9.17) is 5.73 Å². The summed E-state index contributed by atoms with van der Waals surface area (Å²) in [6, 6.07) is 0. The number of nitrogen functional groups attached to an aromatic ring is 1. The molecule has 1 saturated carbocycles. The predicted molar refractivity (Wildman–Crippen MR) is 84.0 cm³/mol. The molecular weight excluding hydrogens is 264 g/mol. The molecule has 1 aliphatic carbocycles. The van der Waals surface area contributed by atoms with Gasteiger partial charge < -0.3 is 11.1 Å². The minimum atomic E-state index is -0.185. The minimum absolute atomic E-state index is 0.178. The molecule has 116 valence electrons. The molecule has 0 bridgehead atoms. The Morgan fingerprint density at radius 2 is 2.05 bits per heavy atom. The minimum Gasteiger partial charge on any atom is -0.396 e. The van der Waals surface area contributed by atoms with Crippen molar-refractivity contribution in [3.05, 3.63) is 17.7 Å². The highest BCUT2D eigenvalue weighted by Gasteiger charge is 2.20. The standard InChI is InChI=1S/C16H26N4O/c1-10(2)15-18-9-13(17)14(20-15)16(21)19-8-12-6-4-11(3)5-7-12/h9-12H,4-8,17H2,1-3H3,(H,19,21). The van der Waals surface area contributed by atoms with Gasteiger partial charge in [-0.3, -0.25) is 4.79 Å². The topological polar surface area (TPSA) is 80.9 Å². The van der Waals surface area contributed by atoms with E-state index in [2.05, 4.69) is 22.2 Å². The number of hydrogen-bond acceptors (Lipinski definition) is 4. The van der Waals surface area contributed by atoms with Crippen LogP contribution >= 0.6 is 0 Å². The molecular formula is C16H26N4O. The fraction of sp³-hybridized carbons (Fsp3) is 0.688. The number of nitrogens with two attached hydrogens (primary N) is 1. The summed E-state index contributed by atoms with van der Waals surface area (Å²) in [6.45, 7) is 7.00. The van der Waals surface area contributed by atoms with Crippen LogP contribution in [0.4, 0.5) is 5.69 Å². The first-order valence-corrected chi connectivity index (χ1v) is 7.88. The predicted octanol–water partition coefficient (Wildman–Crippen LogP) is 2.74. The van der Waals surface area contributed by atoms with Crippen molar-refractivity contribution in [1.29, 1.82) is 0 Å².